The topological polar surface area (TPSA) is 80.3 Å². The van der Waals surface area contributed by atoms with Crippen LogP contribution in [0, 0.1) is 11.8 Å². The smallest absolute Gasteiger partial charge is 0.550 e. The standard InChI is InChI=1S/2C7H14O2.Zn/c2*1-3-5-6(4-2)7(8)9;/h2*6H,3-5H2,1-2H3,(H,8,9);/q;;+2/p-2. The first-order chi connectivity index (χ1) is 8.44. The van der Waals surface area contributed by atoms with Crippen molar-refractivity contribution in [3.05, 3.63) is 0 Å². The first-order valence-electron chi connectivity index (χ1n) is 6.86. The van der Waals surface area contributed by atoms with Crippen molar-refractivity contribution < 1.29 is 39.3 Å². The molecule has 0 N–H and O–H groups in total. The fourth-order valence-electron chi connectivity index (χ4n) is 1.67. The number of aliphatic carboxylic acids is 2. The van der Waals surface area contributed by atoms with Crippen LogP contribution in [-0.2, 0) is 29.1 Å². The molecule has 0 spiro atoms. The molecule has 0 aromatic rings. The van der Waals surface area contributed by atoms with Gasteiger partial charge in [0.1, 0.15) is 0 Å². The van der Waals surface area contributed by atoms with Crippen LogP contribution in [0.1, 0.15) is 66.2 Å². The molecule has 0 rings (SSSR count). The van der Waals surface area contributed by atoms with Crippen molar-refractivity contribution in [1.82, 2.24) is 0 Å². The zero-order chi connectivity index (χ0) is 14.6. The molecule has 0 radical (unpaired) electrons. The Morgan fingerprint density at radius 2 is 1.05 bits per heavy atom. The quantitative estimate of drug-likeness (QED) is 0.627. The summed E-state index contributed by atoms with van der Waals surface area (Å²) in [5.74, 6) is -2.26. The zero-order valence-electron chi connectivity index (χ0n) is 12.7. The Labute approximate surface area is 129 Å². The van der Waals surface area contributed by atoms with Crippen molar-refractivity contribution in [2.24, 2.45) is 11.8 Å². The predicted molar refractivity (Wildman–Crippen MR) is 67.4 cm³/mol. The van der Waals surface area contributed by atoms with Gasteiger partial charge in [0.15, 0.2) is 0 Å². The Morgan fingerprint density at radius 1 is 0.789 bits per heavy atom. The molecule has 0 aliphatic carbocycles. The minimum absolute atomic E-state index is 0. The molecular weight excluding hydrogens is 298 g/mol. The monoisotopic (exact) mass is 322 g/mol. The average Bonchev–Trinajstić information content (AvgIpc) is 2.32. The summed E-state index contributed by atoms with van der Waals surface area (Å²) < 4.78 is 0. The average molecular weight is 324 g/mol. The molecule has 0 heterocycles. The summed E-state index contributed by atoms with van der Waals surface area (Å²) in [7, 11) is 0. The van der Waals surface area contributed by atoms with E-state index in [2.05, 4.69) is 0 Å². The van der Waals surface area contributed by atoms with Crippen molar-refractivity contribution in [2.75, 3.05) is 0 Å². The van der Waals surface area contributed by atoms with Gasteiger partial charge in [-0.15, -0.1) is 0 Å². The molecule has 0 fully saturated rings. The molecule has 2 atom stereocenters. The van der Waals surface area contributed by atoms with E-state index in [1.54, 1.807) is 0 Å². The largest absolute Gasteiger partial charge is 2.00 e. The molecule has 5 heteroatoms. The Hall–Kier alpha value is -0.437. The second kappa shape index (κ2) is 15.6. The van der Waals surface area contributed by atoms with Gasteiger partial charge < -0.3 is 19.8 Å². The van der Waals surface area contributed by atoms with Gasteiger partial charge in [0, 0.05) is 11.9 Å². The van der Waals surface area contributed by atoms with Crippen molar-refractivity contribution >= 4 is 11.9 Å². The van der Waals surface area contributed by atoms with Crippen LogP contribution >= 0.6 is 0 Å². The van der Waals surface area contributed by atoms with Crippen molar-refractivity contribution in [3.63, 3.8) is 0 Å². The molecule has 0 amide bonds. The van der Waals surface area contributed by atoms with Crippen LogP contribution in [0.2, 0.25) is 0 Å². The van der Waals surface area contributed by atoms with Gasteiger partial charge in [-0.2, -0.15) is 0 Å². The maximum Gasteiger partial charge on any atom is 2.00 e. The number of carboxylic acid groups (broad SMARTS) is 2. The van der Waals surface area contributed by atoms with E-state index in [1.165, 1.54) is 0 Å². The second-order valence-corrected chi connectivity index (χ2v) is 4.43. The first-order valence-corrected chi connectivity index (χ1v) is 6.86. The Balaban J connectivity index is -0.000000256. The molecule has 19 heavy (non-hydrogen) atoms. The van der Waals surface area contributed by atoms with Gasteiger partial charge in [0.05, 0.1) is 0 Å². The third kappa shape index (κ3) is 13.8. The zero-order valence-corrected chi connectivity index (χ0v) is 15.7. The number of carbonyl (C=O) groups excluding carboxylic acids is 2. The molecule has 0 aliphatic rings. The minimum Gasteiger partial charge on any atom is -0.550 e. The summed E-state index contributed by atoms with van der Waals surface area (Å²) in [6.07, 6.45) is 4.73. The van der Waals surface area contributed by atoms with Crippen LogP contribution in [0.15, 0.2) is 0 Å². The van der Waals surface area contributed by atoms with Gasteiger partial charge >= 0.3 is 19.5 Å². The van der Waals surface area contributed by atoms with Crippen LogP contribution in [-0.4, -0.2) is 11.9 Å². The minimum atomic E-state index is -0.903. The van der Waals surface area contributed by atoms with Gasteiger partial charge in [-0.05, 0) is 37.5 Å². The second-order valence-electron chi connectivity index (χ2n) is 4.43. The van der Waals surface area contributed by atoms with E-state index in [1.807, 2.05) is 27.7 Å². The SMILES string of the molecule is CCCC(CC)C(=O)[O-].CCCC(CC)C(=O)[O-].[Zn+2]. The molecule has 2 unspecified atom stereocenters. The molecule has 0 saturated carbocycles. The van der Waals surface area contributed by atoms with Crippen LogP contribution < -0.4 is 10.2 Å². The third-order valence-electron chi connectivity index (χ3n) is 2.93. The van der Waals surface area contributed by atoms with E-state index in [9.17, 15) is 19.8 Å². The summed E-state index contributed by atoms with van der Waals surface area (Å²) in [4.78, 5) is 20.4. The van der Waals surface area contributed by atoms with Crippen molar-refractivity contribution in [1.29, 1.82) is 0 Å². The normalized spacial score (nSPS) is 12.4. The molecule has 4 nitrogen and oxygen atoms in total. The van der Waals surface area contributed by atoms with E-state index in [4.69, 9.17) is 0 Å². The van der Waals surface area contributed by atoms with Gasteiger partial charge in [-0.1, -0.05) is 40.5 Å². The molecule has 0 saturated heterocycles. The fraction of sp³-hybridized carbons (Fsp3) is 0.857. The third-order valence-corrected chi connectivity index (χ3v) is 2.93. The number of rotatable bonds is 8. The summed E-state index contributed by atoms with van der Waals surface area (Å²) in [6, 6.07) is 0. The van der Waals surface area contributed by atoms with Crippen LogP contribution in [0.4, 0.5) is 0 Å². The number of hydrogen-bond donors (Lipinski definition) is 0. The summed E-state index contributed by atoms with van der Waals surface area (Å²) in [6.45, 7) is 7.70. The van der Waals surface area contributed by atoms with E-state index in [0.29, 0.717) is 12.8 Å². The van der Waals surface area contributed by atoms with E-state index in [0.717, 1.165) is 25.7 Å². The van der Waals surface area contributed by atoms with Crippen LogP contribution in [0.3, 0.4) is 0 Å². The molecule has 0 aliphatic heterocycles. The molecule has 0 bridgehead atoms. The molecule has 0 aromatic heterocycles. The Kier molecular flexibility index (Phi) is 19.4. The Bertz CT molecular complexity index is 207. The van der Waals surface area contributed by atoms with Crippen molar-refractivity contribution in [3.8, 4) is 0 Å². The first kappa shape index (κ1) is 23.6. The van der Waals surface area contributed by atoms with Gasteiger partial charge in [-0.3, -0.25) is 0 Å². The summed E-state index contributed by atoms with van der Waals surface area (Å²) >= 11 is 0. The molecule has 0 aromatic carbocycles. The van der Waals surface area contributed by atoms with Gasteiger partial charge in [0.2, 0.25) is 0 Å². The van der Waals surface area contributed by atoms with E-state index >= 15 is 0 Å². The fourth-order valence-corrected chi connectivity index (χ4v) is 1.67. The molecular formula is C14H26O4Zn. The maximum absolute atomic E-state index is 10.2. The number of hydrogen-bond acceptors (Lipinski definition) is 4. The number of carboxylic acids is 2. The van der Waals surface area contributed by atoms with E-state index < -0.39 is 11.9 Å². The Morgan fingerprint density at radius 3 is 1.11 bits per heavy atom. The van der Waals surface area contributed by atoms with Crippen LogP contribution in [0.5, 0.6) is 0 Å². The van der Waals surface area contributed by atoms with Gasteiger partial charge in [0.25, 0.3) is 0 Å². The number of carbonyl (C=O) groups is 2. The molecule has 108 valence electrons. The maximum atomic E-state index is 10.2. The van der Waals surface area contributed by atoms with E-state index in [-0.39, 0.29) is 31.3 Å². The van der Waals surface area contributed by atoms with Gasteiger partial charge in [-0.25, -0.2) is 0 Å². The van der Waals surface area contributed by atoms with Crippen LogP contribution in [0.25, 0.3) is 0 Å². The van der Waals surface area contributed by atoms with Crippen molar-refractivity contribution in [2.45, 2.75) is 66.2 Å². The summed E-state index contributed by atoms with van der Waals surface area (Å²) in [5.41, 5.74) is 0. The predicted octanol–water partition coefficient (Wildman–Crippen LogP) is 1.12. The summed E-state index contributed by atoms with van der Waals surface area (Å²) in [5, 5.41) is 20.4.